The van der Waals surface area contributed by atoms with E-state index in [1.54, 1.807) is 6.33 Å². The smallest absolute Gasteiger partial charge is 0.134 e. The van der Waals surface area contributed by atoms with Gasteiger partial charge in [0.1, 0.15) is 12.2 Å². The van der Waals surface area contributed by atoms with Crippen LogP contribution in [0.1, 0.15) is 42.0 Å². The van der Waals surface area contributed by atoms with Crippen LogP contribution < -0.4 is 5.32 Å². The van der Waals surface area contributed by atoms with Crippen LogP contribution in [-0.4, -0.2) is 15.8 Å². The van der Waals surface area contributed by atoms with Gasteiger partial charge in [-0.05, 0) is 58.5 Å². The lowest BCUT2D eigenvalue weighted by atomic mass is 9.83. The lowest BCUT2D eigenvalue weighted by Crippen LogP contribution is -2.44. The highest BCUT2D eigenvalue weighted by Crippen LogP contribution is 2.36. The number of allylic oxidation sites excluding steroid dienone is 4. The van der Waals surface area contributed by atoms with Gasteiger partial charge in [-0.1, -0.05) is 146 Å². The van der Waals surface area contributed by atoms with Gasteiger partial charge in [0.25, 0.3) is 0 Å². The summed E-state index contributed by atoms with van der Waals surface area (Å²) in [5.74, 6) is 1.69. The number of hydrogen-bond acceptors (Lipinski definition) is 4. The number of nitrogens with one attached hydrogen (secondary N) is 1. The first-order valence-electron chi connectivity index (χ1n) is 16.6. The summed E-state index contributed by atoms with van der Waals surface area (Å²) in [4.78, 5) is 14.6. The third-order valence-electron chi connectivity index (χ3n) is 9.58. The molecule has 0 saturated carbocycles. The van der Waals surface area contributed by atoms with Gasteiger partial charge in [-0.3, -0.25) is 0 Å². The van der Waals surface area contributed by atoms with E-state index >= 15 is 0 Å². The van der Waals surface area contributed by atoms with Gasteiger partial charge >= 0.3 is 0 Å². The quantitative estimate of drug-likeness (QED) is 0.202. The molecular formula is C44H36N4. The first kappa shape index (κ1) is 29.5. The van der Waals surface area contributed by atoms with Crippen LogP contribution in [0, 0.1) is 5.92 Å². The number of rotatable bonds is 6. The molecule has 2 aliphatic rings. The third-order valence-corrected chi connectivity index (χ3v) is 9.58. The minimum atomic E-state index is -0.534. The minimum Gasteiger partial charge on any atom is -0.357 e. The lowest BCUT2D eigenvalue weighted by molar-refractivity contribution is 0.548. The molecule has 8 rings (SSSR count). The number of fused-ring (bicyclic) bond motifs is 1. The summed E-state index contributed by atoms with van der Waals surface area (Å²) >= 11 is 0. The molecule has 2 heterocycles. The van der Waals surface area contributed by atoms with Crippen molar-refractivity contribution in [2.45, 2.75) is 25.3 Å². The van der Waals surface area contributed by atoms with Crippen molar-refractivity contribution in [2.75, 3.05) is 0 Å². The highest BCUT2D eigenvalue weighted by Gasteiger charge is 2.31. The number of aromatic nitrogens is 2. The van der Waals surface area contributed by atoms with Crippen molar-refractivity contribution in [3.8, 4) is 22.5 Å². The van der Waals surface area contributed by atoms with Gasteiger partial charge in [0, 0.05) is 22.6 Å². The van der Waals surface area contributed by atoms with E-state index < -0.39 is 5.54 Å². The van der Waals surface area contributed by atoms with Crippen LogP contribution in [0.5, 0.6) is 0 Å². The second-order valence-corrected chi connectivity index (χ2v) is 12.9. The van der Waals surface area contributed by atoms with Gasteiger partial charge in [0.2, 0.25) is 0 Å². The zero-order valence-electron chi connectivity index (χ0n) is 27.1. The molecule has 4 heteroatoms. The van der Waals surface area contributed by atoms with Gasteiger partial charge in [-0.15, -0.1) is 0 Å². The maximum absolute atomic E-state index is 5.17. The van der Waals surface area contributed by atoms with Gasteiger partial charge < -0.3 is 5.32 Å². The van der Waals surface area contributed by atoms with Gasteiger partial charge in [-0.25, -0.2) is 15.0 Å². The molecule has 5 aromatic carbocycles. The molecule has 48 heavy (non-hydrogen) atoms. The zero-order valence-corrected chi connectivity index (χ0v) is 27.1. The zero-order chi connectivity index (χ0) is 32.5. The van der Waals surface area contributed by atoms with Gasteiger partial charge in [0.05, 0.1) is 22.6 Å². The Morgan fingerprint density at radius 3 is 2.23 bits per heavy atom. The van der Waals surface area contributed by atoms with Crippen molar-refractivity contribution < 1.29 is 0 Å². The minimum absolute atomic E-state index is 0.380. The number of hydrogen-bond donors (Lipinski definition) is 1. The van der Waals surface area contributed by atoms with E-state index in [0.29, 0.717) is 11.8 Å². The van der Waals surface area contributed by atoms with Crippen molar-refractivity contribution in [1.29, 1.82) is 0 Å². The molecule has 0 spiro atoms. The molecule has 0 saturated heterocycles. The lowest BCUT2D eigenvalue weighted by Gasteiger charge is -2.34. The maximum Gasteiger partial charge on any atom is 0.134 e. The molecule has 0 fully saturated rings. The molecule has 0 bridgehead atoms. The largest absolute Gasteiger partial charge is 0.357 e. The average molecular weight is 621 g/mol. The SMILES string of the molecule is CC1C=CC=CC1c1ccc(C2=CC(C)(c3cccc(-c4cc(-c5cccc6ccccc56)ncn4)c3)NC(c3ccccc3)=N2)cc1. The normalized spacial score (nSPS) is 20.2. The molecular weight excluding hydrogens is 585 g/mol. The summed E-state index contributed by atoms with van der Waals surface area (Å²) in [5.41, 5.74) is 8.91. The first-order valence-corrected chi connectivity index (χ1v) is 16.6. The van der Waals surface area contributed by atoms with Crippen LogP contribution in [0.25, 0.3) is 39.0 Å². The average Bonchev–Trinajstić information content (AvgIpc) is 3.15. The standard InChI is InChI=1S/C44H36N4/c1-30-12-6-8-19-37(30)32-22-24-33(25-23-32)42-28-44(2,48-43(47-42)34-14-4-3-5-15-34)36-18-10-17-35(26-36)40-27-41(46-29-45-40)39-21-11-16-31-13-7-9-20-38(31)39/h3-30,37H,1-2H3,(H,47,48). The molecule has 4 nitrogen and oxygen atoms in total. The Labute approximate surface area is 282 Å². The van der Waals surface area contributed by atoms with E-state index in [1.165, 1.54) is 16.3 Å². The maximum atomic E-state index is 5.17. The van der Waals surface area contributed by atoms with Crippen molar-refractivity contribution >= 4 is 22.3 Å². The van der Waals surface area contributed by atoms with Crippen molar-refractivity contribution in [2.24, 2.45) is 10.9 Å². The van der Waals surface area contributed by atoms with Crippen LogP contribution >= 0.6 is 0 Å². The predicted octanol–water partition coefficient (Wildman–Crippen LogP) is 10.1. The van der Waals surface area contributed by atoms with E-state index in [2.05, 4.69) is 176 Å². The number of nitrogens with zero attached hydrogens (tertiary/aromatic N) is 3. The van der Waals surface area contributed by atoms with E-state index in [-0.39, 0.29) is 0 Å². The molecule has 3 atom stereocenters. The Morgan fingerprint density at radius 2 is 1.38 bits per heavy atom. The van der Waals surface area contributed by atoms with Crippen LogP contribution in [0.3, 0.4) is 0 Å². The van der Waals surface area contributed by atoms with Gasteiger partial charge in [0.15, 0.2) is 0 Å². The number of aliphatic imine (C=N–C) groups is 1. The van der Waals surface area contributed by atoms with E-state index in [0.717, 1.165) is 50.7 Å². The second kappa shape index (κ2) is 12.4. The summed E-state index contributed by atoms with van der Waals surface area (Å²) in [6, 6.07) is 44.8. The third kappa shape index (κ3) is 5.67. The topological polar surface area (TPSA) is 50.2 Å². The van der Waals surface area contributed by atoms with Crippen LogP contribution in [0.15, 0.2) is 169 Å². The highest BCUT2D eigenvalue weighted by atomic mass is 15.1. The Hall–Kier alpha value is -5.87. The van der Waals surface area contributed by atoms with Crippen molar-refractivity contribution in [1.82, 2.24) is 15.3 Å². The van der Waals surface area contributed by atoms with Crippen molar-refractivity contribution in [3.63, 3.8) is 0 Å². The molecule has 232 valence electrons. The molecule has 6 aromatic rings. The van der Waals surface area contributed by atoms with Crippen LogP contribution in [-0.2, 0) is 5.54 Å². The van der Waals surface area contributed by atoms with E-state index in [4.69, 9.17) is 9.98 Å². The fourth-order valence-electron chi connectivity index (χ4n) is 6.89. The van der Waals surface area contributed by atoms with E-state index in [1.807, 2.05) is 6.07 Å². The second-order valence-electron chi connectivity index (χ2n) is 12.9. The monoisotopic (exact) mass is 620 g/mol. The van der Waals surface area contributed by atoms with Crippen LogP contribution in [0.2, 0.25) is 0 Å². The fraction of sp³-hybridized carbons (Fsp3) is 0.114. The molecule has 1 aliphatic heterocycles. The highest BCUT2D eigenvalue weighted by molar-refractivity contribution is 6.04. The van der Waals surface area contributed by atoms with E-state index in [9.17, 15) is 0 Å². The Kier molecular flexibility index (Phi) is 7.62. The predicted molar refractivity (Wildman–Crippen MR) is 198 cm³/mol. The summed E-state index contributed by atoms with van der Waals surface area (Å²) in [6.07, 6.45) is 12.8. The summed E-state index contributed by atoms with van der Waals surface area (Å²) in [6.45, 7) is 4.50. The van der Waals surface area contributed by atoms with Crippen LogP contribution in [0.4, 0.5) is 0 Å². The molecule has 1 aliphatic carbocycles. The molecule has 1 aromatic heterocycles. The van der Waals surface area contributed by atoms with Gasteiger partial charge in [-0.2, -0.15) is 0 Å². The Bertz CT molecular complexity index is 2240. The number of benzene rings is 5. The molecule has 0 radical (unpaired) electrons. The summed E-state index contributed by atoms with van der Waals surface area (Å²) < 4.78 is 0. The molecule has 3 unspecified atom stereocenters. The first-order chi connectivity index (χ1) is 23.5. The summed E-state index contributed by atoms with van der Waals surface area (Å²) in [5, 5.41) is 6.16. The number of amidine groups is 1. The fourth-order valence-corrected chi connectivity index (χ4v) is 6.89. The Balaban J connectivity index is 1.17. The summed E-state index contributed by atoms with van der Waals surface area (Å²) in [7, 11) is 0. The molecule has 1 N–H and O–H groups in total. The van der Waals surface area contributed by atoms with Crippen molar-refractivity contribution in [3.05, 3.63) is 186 Å². The molecule has 0 amide bonds. The Morgan fingerprint density at radius 1 is 0.646 bits per heavy atom.